The summed E-state index contributed by atoms with van der Waals surface area (Å²) in [6, 6.07) is 11.4. The molecule has 1 aromatic carbocycles. The largest absolute Gasteiger partial charge is 0.396 e. The summed E-state index contributed by atoms with van der Waals surface area (Å²) in [6.07, 6.45) is 2.61. The van der Waals surface area contributed by atoms with E-state index >= 15 is 0 Å². The first-order valence-electron chi connectivity index (χ1n) is 9.19. The van der Waals surface area contributed by atoms with Gasteiger partial charge in [0.1, 0.15) is 0 Å². The molecule has 2 rings (SSSR count). The number of hydrogen-bond donors (Lipinski definition) is 1. The molecular weight excluding hydrogens is 284 g/mol. The molecule has 0 radical (unpaired) electrons. The predicted molar refractivity (Wildman–Crippen MR) is 97.4 cm³/mol. The highest BCUT2D eigenvalue weighted by atomic mass is 16.3. The lowest BCUT2D eigenvalue weighted by Crippen LogP contribution is -2.42. The van der Waals surface area contributed by atoms with E-state index in [9.17, 15) is 5.11 Å². The van der Waals surface area contributed by atoms with E-state index < -0.39 is 0 Å². The van der Waals surface area contributed by atoms with Crippen LogP contribution >= 0.6 is 0 Å². The van der Waals surface area contributed by atoms with Crippen LogP contribution in [0.15, 0.2) is 30.3 Å². The Morgan fingerprint density at radius 2 is 1.78 bits per heavy atom. The van der Waals surface area contributed by atoms with Crippen molar-refractivity contribution in [2.24, 2.45) is 11.8 Å². The highest BCUT2D eigenvalue weighted by Crippen LogP contribution is 2.21. The molecule has 0 unspecified atom stereocenters. The van der Waals surface area contributed by atoms with Crippen molar-refractivity contribution < 1.29 is 5.11 Å². The van der Waals surface area contributed by atoms with Gasteiger partial charge in [-0.25, -0.2) is 0 Å². The van der Waals surface area contributed by atoms with Gasteiger partial charge in [0.15, 0.2) is 0 Å². The molecule has 1 aromatic rings. The lowest BCUT2D eigenvalue weighted by Gasteiger charge is -2.37. The van der Waals surface area contributed by atoms with Crippen LogP contribution in [0.2, 0.25) is 0 Å². The smallest absolute Gasteiger partial charge is 0.0468 e. The van der Waals surface area contributed by atoms with Crippen molar-refractivity contribution in [1.82, 2.24) is 9.80 Å². The second-order valence-corrected chi connectivity index (χ2v) is 7.54. The molecular formula is C20H34N2O. The minimum absolute atomic E-state index is 0.275. The van der Waals surface area contributed by atoms with Crippen molar-refractivity contribution >= 4 is 0 Å². The summed E-state index contributed by atoms with van der Waals surface area (Å²) < 4.78 is 0. The van der Waals surface area contributed by atoms with Crippen LogP contribution in [0.5, 0.6) is 0 Å². The highest BCUT2D eigenvalue weighted by Gasteiger charge is 2.23. The average molecular weight is 319 g/mol. The minimum atomic E-state index is 0.275. The van der Waals surface area contributed by atoms with E-state index in [1.165, 1.54) is 31.5 Å². The summed E-state index contributed by atoms with van der Waals surface area (Å²) in [5, 5.41) is 9.42. The van der Waals surface area contributed by atoms with Crippen molar-refractivity contribution in [3.05, 3.63) is 35.9 Å². The molecule has 1 aliphatic rings. The molecule has 0 spiro atoms. The molecule has 0 aromatic heterocycles. The summed E-state index contributed by atoms with van der Waals surface area (Å²) in [7, 11) is 0. The summed E-state index contributed by atoms with van der Waals surface area (Å²) in [4.78, 5) is 5.14. The van der Waals surface area contributed by atoms with Crippen LogP contribution in [-0.4, -0.2) is 53.7 Å². The maximum atomic E-state index is 9.42. The van der Waals surface area contributed by atoms with Crippen LogP contribution in [0.3, 0.4) is 0 Å². The number of piperidine rings is 1. The van der Waals surface area contributed by atoms with Crippen molar-refractivity contribution in [2.75, 3.05) is 32.8 Å². The van der Waals surface area contributed by atoms with E-state index in [-0.39, 0.29) is 6.61 Å². The Morgan fingerprint density at radius 3 is 2.35 bits per heavy atom. The Bertz CT molecular complexity index is 427. The van der Waals surface area contributed by atoms with E-state index in [4.69, 9.17) is 0 Å². The Labute approximate surface area is 142 Å². The molecule has 3 nitrogen and oxygen atoms in total. The number of hydrogen-bond acceptors (Lipinski definition) is 3. The Balaban J connectivity index is 1.89. The summed E-state index contributed by atoms with van der Waals surface area (Å²) in [5.74, 6) is 1.13. The van der Waals surface area contributed by atoms with Crippen molar-refractivity contribution in [2.45, 2.75) is 46.2 Å². The average Bonchev–Trinajstić information content (AvgIpc) is 2.56. The molecule has 1 saturated heterocycles. The van der Waals surface area contributed by atoms with Gasteiger partial charge in [0.05, 0.1) is 0 Å². The summed E-state index contributed by atoms with van der Waals surface area (Å²) in [5.41, 5.74) is 1.37. The molecule has 23 heavy (non-hydrogen) atoms. The molecule has 3 heteroatoms. The molecule has 1 N–H and O–H groups in total. The molecule has 0 amide bonds. The monoisotopic (exact) mass is 318 g/mol. The van der Waals surface area contributed by atoms with Gasteiger partial charge in [-0.15, -0.1) is 0 Å². The zero-order chi connectivity index (χ0) is 16.7. The minimum Gasteiger partial charge on any atom is -0.396 e. The third-order valence-corrected chi connectivity index (χ3v) is 5.03. The highest BCUT2D eigenvalue weighted by molar-refractivity contribution is 5.14. The second-order valence-electron chi connectivity index (χ2n) is 7.54. The van der Waals surface area contributed by atoms with Crippen LogP contribution in [0.25, 0.3) is 0 Å². The standard InChI is InChI=1S/C20H34N2O/c1-17(2)22-11-9-20(10-12-22)15-21(13-18(3)16-23)14-19-7-5-4-6-8-19/h4-8,17-18,20,23H,9-16H2,1-3H3/t18-/m0/s1. The van der Waals surface area contributed by atoms with Gasteiger partial charge < -0.3 is 10.0 Å². The third-order valence-electron chi connectivity index (χ3n) is 5.03. The number of rotatable bonds is 8. The Kier molecular flexibility index (Phi) is 7.54. The second kappa shape index (κ2) is 9.41. The van der Waals surface area contributed by atoms with Crippen LogP contribution in [0.1, 0.15) is 39.2 Å². The topological polar surface area (TPSA) is 26.7 Å². The SMILES string of the molecule is CC(C)N1CCC(CN(Cc2ccccc2)C[C@H](C)CO)CC1. The molecule has 0 saturated carbocycles. The zero-order valence-corrected chi connectivity index (χ0v) is 15.1. The molecule has 0 aliphatic carbocycles. The van der Waals surface area contributed by atoms with Gasteiger partial charge in [-0.1, -0.05) is 37.3 Å². The first-order valence-corrected chi connectivity index (χ1v) is 9.19. The molecule has 0 bridgehead atoms. The predicted octanol–water partition coefficient (Wildman–Crippen LogP) is 3.24. The molecule has 1 fully saturated rings. The van der Waals surface area contributed by atoms with Crippen LogP contribution in [-0.2, 0) is 6.54 Å². The summed E-state index contributed by atoms with van der Waals surface area (Å²) in [6.45, 7) is 12.6. The molecule has 130 valence electrons. The number of aliphatic hydroxyl groups is 1. The fourth-order valence-corrected chi connectivity index (χ4v) is 3.56. The zero-order valence-electron chi connectivity index (χ0n) is 15.1. The van der Waals surface area contributed by atoms with Crippen LogP contribution < -0.4 is 0 Å². The summed E-state index contributed by atoms with van der Waals surface area (Å²) >= 11 is 0. The van der Waals surface area contributed by atoms with Crippen LogP contribution in [0, 0.1) is 11.8 Å². The van der Waals surface area contributed by atoms with Gasteiger partial charge in [-0.2, -0.15) is 0 Å². The van der Waals surface area contributed by atoms with Crippen molar-refractivity contribution in [3.8, 4) is 0 Å². The molecule has 1 aliphatic heterocycles. The first-order chi connectivity index (χ1) is 11.1. The lowest BCUT2D eigenvalue weighted by atomic mass is 9.94. The normalized spacial score (nSPS) is 18.7. The van der Waals surface area contributed by atoms with Gasteiger partial charge in [-0.3, -0.25) is 4.90 Å². The van der Waals surface area contributed by atoms with E-state index in [1.54, 1.807) is 0 Å². The number of nitrogens with zero attached hydrogens (tertiary/aromatic N) is 2. The van der Waals surface area contributed by atoms with Crippen molar-refractivity contribution in [3.63, 3.8) is 0 Å². The van der Waals surface area contributed by atoms with Crippen LogP contribution in [0.4, 0.5) is 0 Å². The fraction of sp³-hybridized carbons (Fsp3) is 0.700. The lowest BCUT2D eigenvalue weighted by molar-refractivity contribution is 0.104. The number of aliphatic hydroxyl groups excluding tert-OH is 1. The van der Waals surface area contributed by atoms with E-state index in [2.05, 4.69) is 60.9 Å². The van der Waals surface area contributed by atoms with E-state index in [0.29, 0.717) is 12.0 Å². The third kappa shape index (κ3) is 6.25. The van der Waals surface area contributed by atoms with Crippen molar-refractivity contribution in [1.29, 1.82) is 0 Å². The first kappa shape index (κ1) is 18.4. The van der Waals surface area contributed by atoms with E-state index in [0.717, 1.165) is 25.6 Å². The van der Waals surface area contributed by atoms with Gasteiger partial charge in [0.25, 0.3) is 0 Å². The fourth-order valence-electron chi connectivity index (χ4n) is 3.56. The molecule has 1 heterocycles. The van der Waals surface area contributed by atoms with Gasteiger partial charge in [-0.05, 0) is 57.2 Å². The number of benzene rings is 1. The van der Waals surface area contributed by atoms with Gasteiger partial charge in [0, 0.05) is 32.3 Å². The van der Waals surface area contributed by atoms with Gasteiger partial charge in [0.2, 0.25) is 0 Å². The number of likely N-dealkylation sites (tertiary alicyclic amines) is 1. The van der Waals surface area contributed by atoms with Gasteiger partial charge >= 0.3 is 0 Å². The van der Waals surface area contributed by atoms with E-state index in [1.807, 2.05) is 0 Å². The Hall–Kier alpha value is -0.900. The maximum Gasteiger partial charge on any atom is 0.0468 e. The maximum absolute atomic E-state index is 9.42. The molecule has 1 atom stereocenters. The quantitative estimate of drug-likeness (QED) is 0.797. The Morgan fingerprint density at radius 1 is 1.13 bits per heavy atom.